The molecule has 0 radical (unpaired) electrons. The van der Waals surface area contributed by atoms with Gasteiger partial charge in [-0.1, -0.05) is 24.6 Å². The Morgan fingerprint density at radius 2 is 1.94 bits per heavy atom. The number of hydrogen-bond acceptors (Lipinski definition) is 2. The molecule has 0 fully saturated rings. The summed E-state index contributed by atoms with van der Waals surface area (Å²) in [5.74, 6) is -0.216. The Morgan fingerprint density at radius 3 is 2.65 bits per heavy atom. The summed E-state index contributed by atoms with van der Waals surface area (Å²) < 4.78 is 13.4. The summed E-state index contributed by atoms with van der Waals surface area (Å²) in [5.41, 5.74) is 0.605. The molecular formula is C13H20ClFN2. The van der Waals surface area contributed by atoms with Crippen LogP contribution < -0.4 is 10.6 Å². The minimum atomic E-state index is -0.216. The lowest BCUT2D eigenvalue weighted by atomic mass is 10.1. The smallest absolute Gasteiger partial charge is 0.127 e. The highest BCUT2D eigenvalue weighted by atomic mass is 35.5. The minimum absolute atomic E-state index is 0.216. The second-order valence-electron chi connectivity index (χ2n) is 3.91. The van der Waals surface area contributed by atoms with Gasteiger partial charge in [0.05, 0.1) is 0 Å². The maximum absolute atomic E-state index is 13.4. The van der Waals surface area contributed by atoms with E-state index in [1.807, 2.05) is 0 Å². The average molecular weight is 259 g/mol. The zero-order valence-corrected chi connectivity index (χ0v) is 11.0. The first-order valence-electron chi connectivity index (χ1n) is 6.10. The lowest BCUT2D eigenvalue weighted by Crippen LogP contribution is -2.23. The van der Waals surface area contributed by atoms with E-state index in [0.29, 0.717) is 17.0 Å². The average Bonchev–Trinajstić information content (AvgIpc) is 2.31. The molecule has 0 saturated heterocycles. The number of rotatable bonds is 8. The first kappa shape index (κ1) is 14.4. The van der Waals surface area contributed by atoms with Crippen LogP contribution in [0.3, 0.4) is 0 Å². The molecule has 0 bridgehead atoms. The lowest BCUT2D eigenvalue weighted by molar-refractivity contribution is 0.583. The van der Waals surface area contributed by atoms with Crippen molar-refractivity contribution in [3.8, 4) is 0 Å². The van der Waals surface area contributed by atoms with Crippen molar-refractivity contribution >= 4 is 11.6 Å². The van der Waals surface area contributed by atoms with E-state index in [0.717, 1.165) is 32.6 Å². The molecule has 4 heteroatoms. The van der Waals surface area contributed by atoms with Crippen LogP contribution in [-0.2, 0) is 6.42 Å². The highest BCUT2D eigenvalue weighted by Crippen LogP contribution is 2.18. The Balaban J connectivity index is 2.18. The molecule has 0 saturated carbocycles. The molecule has 2 N–H and O–H groups in total. The van der Waals surface area contributed by atoms with E-state index in [1.54, 1.807) is 12.1 Å². The molecule has 0 amide bonds. The number of halogens is 2. The van der Waals surface area contributed by atoms with Crippen molar-refractivity contribution in [2.24, 2.45) is 0 Å². The van der Waals surface area contributed by atoms with E-state index in [4.69, 9.17) is 11.6 Å². The molecule has 0 unspecified atom stereocenters. The molecule has 0 spiro atoms. The molecule has 96 valence electrons. The van der Waals surface area contributed by atoms with Crippen molar-refractivity contribution in [3.63, 3.8) is 0 Å². The summed E-state index contributed by atoms with van der Waals surface area (Å²) in [7, 11) is 0. The topological polar surface area (TPSA) is 24.1 Å². The van der Waals surface area contributed by atoms with Crippen LogP contribution in [0, 0.1) is 5.82 Å². The third-order valence-corrected chi connectivity index (χ3v) is 2.92. The minimum Gasteiger partial charge on any atom is -0.317 e. The molecule has 0 aromatic heterocycles. The summed E-state index contributed by atoms with van der Waals surface area (Å²) in [6.45, 7) is 5.81. The maximum Gasteiger partial charge on any atom is 0.127 e. The molecule has 0 aliphatic carbocycles. The van der Waals surface area contributed by atoms with Gasteiger partial charge >= 0.3 is 0 Å². The lowest BCUT2D eigenvalue weighted by Gasteiger charge is -2.07. The van der Waals surface area contributed by atoms with Gasteiger partial charge in [0.2, 0.25) is 0 Å². The molecule has 0 aliphatic rings. The van der Waals surface area contributed by atoms with Gasteiger partial charge in [-0.05, 0) is 51.2 Å². The predicted octanol–water partition coefficient (Wildman–Crippen LogP) is 2.61. The van der Waals surface area contributed by atoms with E-state index in [-0.39, 0.29) is 5.82 Å². The van der Waals surface area contributed by atoms with Gasteiger partial charge < -0.3 is 10.6 Å². The van der Waals surface area contributed by atoms with E-state index >= 15 is 0 Å². The first-order chi connectivity index (χ1) is 8.25. The van der Waals surface area contributed by atoms with Crippen LogP contribution in [0.5, 0.6) is 0 Å². The molecule has 1 aromatic rings. The van der Waals surface area contributed by atoms with Crippen LogP contribution in [0.15, 0.2) is 18.2 Å². The van der Waals surface area contributed by atoms with E-state index in [9.17, 15) is 4.39 Å². The Hall–Kier alpha value is -0.640. The fourth-order valence-electron chi connectivity index (χ4n) is 1.62. The van der Waals surface area contributed by atoms with Gasteiger partial charge in [0, 0.05) is 10.6 Å². The van der Waals surface area contributed by atoms with Crippen LogP contribution >= 0.6 is 11.6 Å². The molecule has 0 heterocycles. The van der Waals surface area contributed by atoms with Crippen molar-refractivity contribution in [1.29, 1.82) is 0 Å². The van der Waals surface area contributed by atoms with Crippen molar-refractivity contribution in [3.05, 3.63) is 34.6 Å². The fraction of sp³-hybridized carbons (Fsp3) is 0.538. The molecule has 2 nitrogen and oxygen atoms in total. The Labute approximate surface area is 108 Å². The highest BCUT2D eigenvalue weighted by molar-refractivity contribution is 6.31. The van der Waals surface area contributed by atoms with Gasteiger partial charge in [-0.2, -0.15) is 0 Å². The number of benzene rings is 1. The Morgan fingerprint density at radius 1 is 1.18 bits per heavy atom. The molecule has 0 atom stereocenters. The van der Waals surface area contributed by atoms with Crippen molar-refractivity contribution in [2.75, 3.05) is 26.2 Å². The number of hydrogen-bond donors (Lipinski definition) is 2. The Bertz CT molecular complexity index is 311. The van der Waals surface area contributed by atoms with Crippen molar-refractivity contribution < 1.29 is 4.39 Å². The normalized spacial score (nSPS) is 10.8. The standard InChI is InChI=1S/C13H20ClFN2/c1-2-16-8-4-9-17-10-7-11-12(14)5-3-6-13(11)15/h3,5-6,16-17H,2,4,7-10H2,1H3. The largest absolute Gasteiger partial charge is 0.317 e. The molecular weight excluding hydrogens is 239 g/mol. The van der Waals surface area contributed by atoms with Crippen LogP contribution in [0.25, 0.3) is 0 Å². The van der Waals surface area contributed by atoms with Gasteiger partial charge in [-0.3, -0.25) is 0 Å². The number of nitrogens with one attached hydrogen (secondary N) is 2. The first-order valence-corrected chi connectivity index (χ1v) is 6.47. The monoisotopic (exact) mass is 258 g/mol. The fourth-order valence-corrected chi connectivity index (χ4v) is 1.88. The summed E-state index contributed by atoms with van der Waals surface area (Å²) in [4.78, 5) is 0. The SMILES string of the molecule is CCNCCCNCCc1c(F)cccc1Cl. The van der Waals surface area contributed by atoms with Gasteiger partial charge in [-0.15, -0.1) is 0 Å². The van der Waals surface area contributed by atoms with E-state index in [1.165, 1.54) is 6.07 Å². The van der Waals surface area contributed by atoms with Gasteiger partial charge in [0.1, 0.15) is 5.82 Å². The van der Waals surface area contributed by atoms with Gasteiger partial charge in [-0.25, -0.2) is 4.39 Å². The van der Waals surface area contributed by atoms with E-state index < -0.39 is 0 Å². The molecule has 1 aromatic carbocycles. The Kier molecular flexibility index (Phi) is 7.17. The van der Waals surface area contributed by atoms with Crippen LogP contribution in [0.2, 0.25) is 5.02 Å². The third-order valence-electron chi connectivity index (χ3n) is 2.57. The quantitative estimate of drug-likeness (QED) is 0.701. The summed E-state index contributed by atoms with van der Waals surface area (Å²) in [6.07, 6.45) is 1.71. The second kappa shape index (κ2) is 8.45. The molecule has 17 heavy (non-hydrogen) atoms. The summed E-state index contributed by atoms with van der Waals surface area (Å²) in [6, 6.07) is 4.81. The summed E-state index contributed by atoms with van der Waals surface area (Å²) in [5, 5.41) is 7.05. The zero-order valence-electron chi connectivity index (χ0n) is 10.2. The second-order valence-corrected chi connectivity index (χ2v) is 4.31. The van der Waals surface area contributed by atoms with Crippen LogP contribution in [0.4, 0.5) is 4.39 Å². The van der Waals surface area contributed by atoms with E-state index in [2.05, 4.69) is 17.6 Å². The zero-order chi connectivity index (χ0) is 12.5. The molecule has 1 rings (SSSR count). The predicted molar refractivity (Wildman–Crippen MR) is 71.1 cm³/mol. The summed E-state index contributed by atoms with van der Waals surface area (Å²) >= 11 is 5.93. The highest BCUT2D eigenvalue weighted by Gasteiger charge is 2.05. The van der Waals surface area contributed by atoms with Crippen LogP contribution in [-0.4, -0.2) is 26.2 Å². The third kappa shape index (κ3) is 5.48. The van der Waals surface area contributed by atoms with Gasteiger partial charge in [0.25, 0.3) is 0 Å². The maximum atomic E-state index is 13.4. The van der Waals surface area contributed by atoms with Crippen LogP contribution in [0.1, 0.15) is 18.9 Å². The van der Waals surface area contributed by atoms with Gasteiger partial charge in [0.15, 0.2) is 0 Å². The van der Waals surface area contributed by atoms with Crippen molar-refractivity contribution in [2.45, 2.75) is 19.8 Å². The van der Waals surface area contributed by atoms with Crippen molar-refractivity contribution in [1.82, 2.24) is 10.6 Å². The molecule has 0 aliphatic heterocycles.